The molecule has 2 N–H and O–H groups in total. The van der Waals surface area contributed by atoms with Gasteiger partial charge in [0.2, 0.25) is 5.91 Å². The highest BCUT2D eigenvalue weighted by Crippen LogP contribution is 2.39. The number of aromatic carboxylic acids is 1. The van der Waals surface area contributed by atoms with Gasteiger partial charge in [0.05, 0.1) is 0 Å². The minimum absolute atomic E-state index is 0.159. The molecule has 0 aliphatic rings. The molecule has 1 amide bonds. The minimum atomic E-state index is -1.04. The van der Waals surface area contributed by atoms with Gasteiger partial charge < -0.3 is 10.4 Å². The summed E-state index contributed by atoms with van der Waals surface area (Å²) in [6, 6.07) is 19.1. The molecule has 0 saturated heterocycles. The average Bonchev–Trinajstić information content (AvgIpc) is 2.97. The van der Waals surface area contributed by atoms with Gasteiger partial charge in [-0.25, -0.2) is 4.79 Å². The fraction of sp³-hybridized carbons (Fsp3) is 0.143. The highest BCUT2D eigenvalue weighted by molar-refractivity contribution is 7.17. The van der Waals surface area contributed by atoms with E-state index in [0.29, 0.717) is 23.4 Å². The quantitative estimate of drug-likeness (QED) is 0.646. The molecule has 0 radical (unpaired) electrons. The predicted octanol–water partition coefficient (Wildman–Crippen LogP) is 4.99. The first kappa shape index (κ1) is 17.9. The predicted molar refractivity (Wildman–Crippen MR) is 105 cm³/mol. The number of nitrogens with one attached hydrogen (secondary N) is 1. The third kappa shape index (κ3) is 4.00. The van der Waals surface area contributed by atoms with Crippen molar-refractivity contribution in [3.63, 3.8) is 0 Å². The van der Waals surface area contributed by atoms with Crippen molar-refractivity contribution in [2.45, 2.75) is 19.8 Å². The van der Waals surface area contributed by atoms with Gasteiger partial charge in [-0.15, -0.1) is 11.3 Å². The Morgan fingerprint density at radius 1 is 1.00 bits per heavy atom. The Bertz CT molecular complexity index is 917. The normalized spacial score (nSPS) is 10.5. The summed E-state index contributed by atoms with van der Waals surface area (Å²) in [6.45, 7) is 1.87. The van der Waals surface area contributed by atoms with Crippen molar-refractivity contribution in [2.75, 3.05) is 5.32 Å². The van der Waals surface area contributed by atoms with Crippen molar-refractivity contribution in [2.24, 2.45) is 0 Å². The fourth-order valence-corrected chi connectivity index (χ4v) is 3.97. The van der Waals surface area contributed by atoms with Gasteiger partial charge in [-0.1, -0.05) is 60.7 Å². The van der Waals surface area contributed by atoms with E-state index in [4.69, 9.17) is 0 Å². The average molecular weight is 365 g/mol. The second kappa shape index (κ2) is 7.97. The maximum atomic E-state index is 12.3. The molecule has 0 fully saturated rings. The van der Waals surface area contributed by atoms with Gasteiger partial charge >= 0.3 is 5.97 Å². The summed E-state index contributed by atoms with van der Waals surface area (Å²) >= 11 is 1.30. The van der Waals surface area contributed by atoms with Crippen molar-refractivity contribution < 1.29 is 14.7 Å². The molecule has 0 bridgehead atoms. The first-order valence-corrected chi connectivity index (χ1v) is 9.14. The van der Waals surface area contributed by atoms with Crippen molar-refractivity contribution in [3.05, 3.63) is 76.7 Å². The number of hydrogen-bond donors (Lipinski definition) is 2. The maximum absolute atomic E-state index is 12.3. The van der Waals surface area contributed by atoms with Crippen LogP contribution in [0.4, 0.5) is 5.00 Å². The number of carbonyl (C=O) groups is 2. The third-order valence-corrected chi connectivity index (χ3v) is 5.12. The molecule has 0 aliphatic heterocycles. The zero-order valence-corrected chi connectivity index (χ0v) is 15.2. The van der Waals surface area contributed by atoms with Crippen LogP contribution in [0.2, 0.25) is 0 Å². The van der Waals surface area contributed by atoms with E-state index in [1.165, 1.54) is 11.3 Å². The standard InChI is InChI=1S/C21H19NO3S/c1-14-18(16-10-6-3-7-11-16)19(21(24)25)20(26-14)22-17(23)13-12-15-8-4-2-5-9-15/h2-11H,12-13H2,1H3,(H,22,23)(H,24,25). The van der Waals surface area contributed by atoms with Gasteiger partial charge in [0.25, 0.3) is 0 Å². The molecule has 3 aromatic rings. The molecular weight excluding hydrogens is 346 g/mol. The molecule has 26 heavy (non-hydrogen) atoms. The molecule has 132 valence electrons. The van der Waals surface area contributed by atoms with Gasteiger partial charge in [-0.2, -0.15) is 0 Å². The van der Waals surface area contributed by atoms with Crippen LogP contribution in [0.5, 0.6) is 0 Å². The number of anilines is 1. The fourth-order valence-electron chi connectivity index (χ4n) is 2.88. The van der Waals surface area contributed by atoms with Crippen LogP contribution in [-0.4, -0.2) is 17.0 Å². The molecule has 5 heteroatoms. The largest absolute Gasteiger partial charge is 0.478 e. The van der Waals surface area contributed by atoms with Gasteiger partial charge in [0, 0.05) is 16.9 Å². The lowest BCUT2D eigenvalue weighted by atomic mass is 10.0. The van der Waals surface area contributed by atoms with Crippen molar-refractivity contribution >= 4 is 28.2 Å². The van der Waals surface area contributed by atoms with E-state index in [1.54, 1.807) is 0 Å². The Kier molecular flexibility index (Phi) is 5.49. The number of carboxylic acid groups (broad SMARTS) is 1. The summed E-state index contributed by atoms with van der Waals surface area (Å²) in [5.41, 5.74) is 2.74. The number of carboxylic acids is 1. The summed E-state index contributed by atoms with van der Waals surface area (Å²) in [5, 5.41) is 12.9. The molecule has 2 aromatic carbocycles. The van der Waals surface area contributed by atoms with Crippen LogP contribution < -0.4 is 5.32 Å². The molecule has 4 nitrogen and oxygen atoms in total. The van der Waals surface area contributed by atoms with E-state index >= 15 is 0 Å². The number of hydrogen-bond acceptors (Lipinski definition) is 3. The monoisotopic (exact) mass is 365 g/mol. The Balaban J connectivity index is 1.82. The van der Waals surface area contributed by atoms with Gasteiger partial charge in [-0.05, 0) is 24.5 Å². The summed E-state index contributed by atoms with van der Waals surface area (Å²) < 4.78 is 0. The molecule has 0 atom stereocenters. The van der Waals surface area contributed by atoms with Gasteiger partial charge in [0.15, 0.2) is 0 Å². The number of amides is 1. The zero-order valence-electron chi connectivity index (χ0n) is 14.4. The van der Waals surface area contributed by atoms with Crippen LogP contribution in [-0.2, 0) is 11.2 Å². The second-order valence-electron chi connectivity index (χ2n) is 5.94. The lowest BCUT2D eigenvalue weighted by molar-refractivity contribution is -0.116. The topological polar surface area (TPSA) is 66.4 Å². The van der Waals surface area contributed by atoms with E-state index in [2.05, 4.69) is 5.32 Å². The molecular formula is C21H19NO3S. The third-order valence-electron chi connectivity index (χ3n) is 4.10. The van der Waals surface area contributed by atoms with E-state index in [-0.39, 0.29) is 11.5 Å². The number of benzene rings is 2. The SMILES string of the molecule is Cc1sc(NC(=O)CCc2ccccc2)c(C(=O)O)c1-c1ccccc1. The van der Waals surface area contributed by atoms with E-state index < -0.39 is 5.97 Å². The summed E-state index contributed by atoms with van der Waals surface area (Å²) in [6.07, 6.45) is 0.922. The highest BCUT2D eigenvalue weighted by Gasteiger charge is 2.23. The smallest absolute Gasteiger partial charge is 0.339 e. The first-order valence-electron chi connectivity index (χ1n) is 8.32. The minimum Gasteiger partial charge on any atom is -0.478 e. The number of thiophene rings is 1. The van der Waals surface area contributed by atoms with Crippen molar-refractivity contribution in [1.82, 2.24) is 0 Å². The van der Waals surface area contributed by atoms with Crippen molar-refractivity contribution in [1.29, 1.82) is 0 Å². The molecule has 0 spiro atoms. The Labute approximate surface area is 156 Å². The van der Waals surface area contributed by atoms with Crippen LogP contribution in [0.1, 0.15) is 27.2 Å². The summed E-state index contributed by atoms with van der Waals surface area (Å²) in [5.74, 6) is -1.22. The van der Waals surface area contributed by atoms with E-state index in [0.717, 1.165) is 16.0 Å². The van der Waals surface area contributed by atoms with Crippen LogP contribution in [0.25, 0.3) is 11.1 Å². The molecule has 1 aromatic heterocycles. The van der Waals surface area contributed by atoms with Crippen molar-refractivity contribution in [3.8, 4) is 11.1 Å². The van der Waals surface area contributed by atoms with Crippen LogP contribution in [0, 0.1) is 6.92 Å². The Morgan fingerprint density at radius 3 is 2.23 bits per heavy atom. The molecule has 1 heterocycles. The highest BCUT2D eigenvalue weighted by atomic mass is 32.1. The molecule has 3 rings (SSSR count). The van der Waals surface area contributed by atoms with E-state index in [9.17, 15) is 14.7 Å². The molecule has 0 saturated carbocycles. The lowest BCUT2D eigenvalue weighted by Crippen LogP contribution is -2.14. The van der Waals surface area contributed by atoms with Gasteiger partial charge in [0.1, 0.15) is 10.6 Å². The summed E-state index contributed by atoms with van der Waals surface area (Å²) in [4.78, 5) is 25.0. The Hall–Kier alpha value is -2.92. The number of rotatable bonds is 6. The maximum Gasteiger partial charge on any atom is 0.339 e. The first-order chi connectivity index (χ1) is 12.6. The number of aryl methyl sites for hydroxylation is 2. The zero-order chi connectivity index (χ0) is 18.5. The number of carbonyl (C=O) groups excluding carboxylic acids is 1. The van der Waals surface area contributed by atoms with Gasteiger partial charge in [-0.3, -0.25) is 4.79 Å². The molecule has 0 aliphatic carbocycles. The van der Waals surface area contributed by atoms with Crippen LogP contribution in [0.3, 0.4) is 0 Å². The lowest BCUT2D eigenvalue weighted by Gasteiger charge is -2.06. The van der Waals surface area contributed by atoms with Crippen LogP contribution >= 0.6 is 11.3 Å². The van der Waals surface area contributed by atoms with E-state index in [1.807, 2.05) is 67.6 Å². The molecule has 0 unspecified atom stereocenters. The summed E-state index contributed by atoms with van der Waals surface area (Å²) in [7, 11) is 0. The van der Waals surface area contributed by atoms with Crippen LogP contribution in [0.15, 0.2) is 60.7 Å². The second-order valence-corrected chi connectivity index (χ2v) is 7.17. The Morgan fingerprint density at radius 2 is 1.62 bits per heavy atom.